The fourth-order valence-electron chi connectivity index (χ4n) is 1.22. The Morgan fingerprint density at radius 3 is 2.62 bits per heavy atom. The molecule has 0 bridgehead atoms. The smallest absolute Gasteiger partial charge is 0.219 e. The Kier molecular flexibility index (Phi) is 3.23. The quantitative estimate of drug-likeness (QED) is 0.386. The molecule has 0 amide bonds. The van der Waals surface area contributed by atoms with Gasteiger partial charge in [0.1, 0.15) is 24.9 Å². The summed E-state index contributed by atoms with van der Waals surface area (Å²) in [5, 5.41) is 37.2. The largest absolute Gasteiger partial charge is 0.388 e. The van der Waals surface area contributed by atoms with Gasteiger partial charge in [-0.2, -0.15) is 0 Å². The zero-order chi connectivity index (χ0) is 10.1. The molecular weight excluding hydrogens is 180 g/mol. The summed E-state index contributed by atoms with van der Waals surface area (Å²) in [4.78, 5) is 0. The topological polar surface area (TPSA) is 99.4 Å². The number of aliphatic hydroxyl groups is 4. The number of aliphatic hydroxyl groups excluding tert-OH is 3. The van der Waals surface area contributed by atoms with Crippen molar-refractivity contribution in [3.63, 3.8) is 0 Å². The van der Waals surface area contributed by atoms with E-state index in [1.165, 1.54) is 7.11 Å². The number of methoxy groups -OCH3 is 1. The molecule has 4 N–H and O–H groups in total. The highest BCUT2D eigenvalue weighted by Crippen LogP contribution is 2.23. The third kappa shape index (κ3) is 1.98. The predicted octanol–water partition coefficient (Wildman–Crippen LogP) is -2.57. The van der Waals surface area contributed by atoms with Crippen LogP contribution in [0.3, 0.4) is 0 Å². The van der Waals surface area contributed by atoms with Crippen LogP contribution in [0.4, 0.5) is 0 Å². The summed E-state index contributed by atoms with van der Waals surface area (Å²) in [6.45, 7) is -0.504. The van der Waals surface area contributed by atoms with Crippen molar-refractivity contribution >= 4 is 0 Å². The van der Waals surface area contributed by atoms with Crippen LogP contribution in [0, 0.1) is 0 Å². The van der Waals surface area contributed by atoms with Crippen molar-refractivity contribution in [3.05, 3.63) is 0 Å². The maximum absolute atomic E-state index is 9.56. The number of hydrogen-bond donors (Lipinski definition) is 4. The predicted molar refractivity (Wildman–Crippen MR) is 40.8 cm³/mol. The van der Waals surface area contributed by atoms with Crippen molar-refractivity contribution in [2.75, 3.05) is 20.3 Å². The third-order valence-corrected chi connectivity index (χ3v) is 2.04. The molecule has 0 aromatic rings. The van der Waals surface area contributed by atoms with Gasteiger partial charge in [-0.25, -0.2) is 0 Å². The molecule has 1 rings (SSSR count). The lowest BCUT2D eigenvalue weighted by Crippen LogP contribution is -2.62. The van der Waals surface area contributed by atoms with Gasteiger partial charge in [-0.3, -0.25) is 0 Å². The molecule has 6 nitrogen and oxygen atoms in total. The molecule has 0 radical (unpaired) electrons. The van der Waals surface area contributed by atoms with Crippen molar-refractivity contribution in [3.8, 4) is 0 Å². The second-order valence-electron chi connectivity index (χ2n) is 3.09. The summed E-state index contributed by atoms with van der Waals surface area (Å²) < 4.78 is 9.38. The fraction of sp³-hybridized carbons (Fsp3) is 1.00. The summed E-state index contributed by atoms with van der Waals surface area (Å²) >= 11 is 0. The Morgan fingerprint density at radius 2 is 2.08 bits per heavy atom. The van der Waals surface area contributed by atoms with Gasteiger partial charge < -0.3 is 29.9 Å². The van der Waals surface area contributed by atoms with Crippen LogP contribution in [0.15, 0.2) is 0 Å². The normalized spacial score (nSPS) is 46.4. The first-order valence-electron chi connectivity index (χ1n) is 3.91. The lowest BCUT2D eigenvalue weighted by molar-refractivity contribution is -0.333. The Labute approximate surface area is 75.3 Å². The van der Waals surface area contributed by atoms with Gasteiger partial charge in [0.25, 0.3) is 0 Å². The molecule has 0 saturated carbocycles. The molecule has 78 valence electrons. The molecule has 0 unspecified atom stereocenters. The Bertz CT molecular complexity index is 174. The first kappa shape index (κ1) is 10.8. The highest BCUT2D eigenvalue weighted by atomic mass is 16.7. The molecular formula is C7H14O6. The van der Waals surface area contributed by atoms with Crippen LogP contribution >= 0.6 is 0 Å². The van der Waals surface area contributed by atoms with E-state index in [1.54, 1.807) is 0 Å². The zero-order valence-corrected chi connectivity index (χ0v) is 7.25. The van der Waals surface area contributed by atoms with Crippen molar-refractivity contribution in [2.24, 2.45) is 0 Å². The molecule has 0 spiro atoms. The summed E-state index contributed by atoms with van der Waals surface area (Å²) in [5.41, 5.74) is 0. The standard InChI is InChI=1S/C7H14O6/c1-12-3-7(11)6(10)5(9)4(8)2-13-7/h4-6,8-11H,2-3H2,1H3/t4-,5+,6+,7-/m1/s1. The average molecular weight is 194 g/mol. The summed E-state index contributed by atoms with van der Waals surface area (Å²) in [7, 11) is 1.32. The highest BCUT2D eigenvalue weighted by Gasteiger charge is 2.48. The first-order chi connectivity index (χ1) is 6.01. The van der Waals surface area contributed by atoms with E-state index in [1.807, 2.05) is 0 Å². The molecule has 0 aromatic heterocycles. The lowest BCUT2D eigenvalue weighted by Gasteiger charge is -2.40. The average Bonchev–Trinajstić information content (AvgIpc) is 2.10. The highest BCUT2D eigenvalue weighted by molar-refractivity contribution is 4.91. The van der Waals surface area contributed by atoms with Crippen LogP contribution in [-0.2, 0) is 9.47 Å². The summed E-state index contributed by atoms with van der Waals surface area (Å²) in [6, 6.07) is 0. The second kappa shape index (κ2) is 3.87. The maximum Gasteiger partial charge on any atom is 0.219 e. The van der Waals surface area contributed by atoms with Crippen molar-refractivity contribution in [2.45, 2.75) is 24.1 Å². The molecule has 1 fully saturated rings. The molecule has 0 aliphatic carbocycles. The minimum Gasteiger partial charge on any atom is -0.388 e. The van der Waals surface area contributed by atoms with Crippen LogP contribution < -0.4 is 0 Å². The van der Waals surface area contributed by atoms with Gasteiger partial charge in [-0.05, 0) is 0 Å². The molecule has 0 aromatic carbocycles. The fourth-order valence-corrected chi connectivity index (χ4v) is 1.22. The Morgan fingerprint density at radius 1 is 1.46 bits per heavy atom. The first-order valence-corrected chi connectivity index (χ1v) is 3.91. The molecule has 1 saturated heterocycles. The minimum absolute atomic E-state index is 0.238. The molecule has 1 aliphatic rings. The minimum atomic E-state index is -1.94. The van der Waals surface area contributed by atoms with Gasteiger partial charge in [0.15, 0.2) is 0 Å². The second-order valence-corrected chi connectivity index (χ2v) is 3.09. The van der Waals surface area contributed by atoms with E-state index in [9.17, 15) is 15.3 Å². The van der Waals surface area contributed by atoms with Gasteiger partial charge in [-0.15, -0.1) is 0 Å². The van der Waals surface area contributed by atoms with Crippen molar-refractivity contribution < 1.29 is 29.9 Å². The number of ether oxygens (including phenoxy) is 2. The third-order valence-electron chi connectivity index (χ3n) is 2.04. The lowest BCUT2D eigenvalue weighted by atomic mass is 9.97. The van der Waals surface area contributed by atoms with Gasteiger partial charge in [0.05, 0.1) is 6.61 Å². The van der Waals surface area contributed by atoms with Gasteiger partial charge >= 0.3 is 0 Å². The van der Waals surface area contributed by atoms with Gasteiger partial charge in [-0.1, -0.05) is 0 Å². The Balaban J connectivity index is 2.67. The number of hydrogen-bond acceptors (Lipinski definition) is 6. The van der Waals surface area contributed by atoms with Gasteiger partial charge in [0.2, 0.25) is 5.79 Å². The van der Waals surface area contributed by atoms with Gasteiger partial charge in [0, 0.05) is 7.11 Å². The molecule has 1 aliphatic heterocycles. The molecule has 6 heteroatoms. The summed E-state index contributed by atoms with van der Waals surface area (Å²) in [6.07, 6.45) is -4.18. The van der Waals surface area contributed by atoms with Crippen LogP contribution in [0.1, 0.15) is 0 Å². The van der Waals surface area contributed by atoms with Crippen LogP contribution in [0.2, 0.25) is 0 Å². The van der Waals surface area contributed by atoms with Crippen LogP contribution in [-0.4, -0.2) is 64.8 Å². The zero-order valence-electron chi connectivity index (χ0n) is 7.25. The van der Waals surface area contributed by atoms with Crippen LogP contribution in [0.25, 0.3) is 0 Å². The van der Waals surface area contributed by atoms with E-state index in [0.29, 0.717) is 0 Å². The van der Waals surface area contributed by atoms with E-state index in [0.717, 1.165) is 0 Å². The van der Waals surface area contributed by atoms with Crippen molar-refractivity contribution in [1.29, 1.82) is 0 Å². The van der Waals surface area contributed by atoms with E-state index in [2.05, 4.69) is 4.74 Å². The van der Waals surface area contributed by atoms with E-state index in [4.69, 9.17) is 9.84 Å². The van der Waals surface area contributed by atoms with E-state index < -0.39 is 24.1 Å². The maximum atomic E-state index is 9.56. The van der Waals surface area contributed by atoms with Crippen molar-refractivity contribution in [1.82, 2.24) is 0 Å². The SMILES string of the molecule is COC[C@@]1(O)OC[C@@H](O)[C@H](O)[C@@H]1O. The van der Waals surface area contributed by atoms with E-state index >= 15 is 0 Å². The molecule has 1 heterocycles. The number of rotatable bonds is 2. The van der Waals surface area contributed by atoms with Crippen LogP contribution in [0.5, 0.6) is 0 Å². The molecule has 13 heavy (non-hydrogen) atoms. The van der Waals surface area contributed by atoms with E-state index in [-0.39, 0.29) is 13.2 Å². The molecule has 4 atom stereocenters. The summed E-state index contributed by atoms with van der Waals surface area (Å²) in [5.74, 6) is -1.94. The Hall–Kier alpha value is -0.240. The monoisotopic (exact) mass is 194 g/mol.